The molecule has 0 unspecified atom stereocenters. The molecule has 0 aliphatic heterocycles. The first-order chi connectivity index (χ1) is 9.71. The Hall–Kier alpha value is -1.32. The highest BCUT2D eigenvalue weighted by Crippen LogP contribution is 2.36. The van der Waals surface area contributed by atoms with E-state index >= 15 is 0 Å². The molecule has 0 spiro atoms. The van der Waals surface area contributed by atoms with E-state index in [-0.39, 0.29) is 22.6 Å². The van der Waals surface area contributed by atoms with Crippen molar-refractivity contribution in [2.24, 2.45) is 5.41 Å². The molecule has 21 heavy (non-hydrogen) atoms. The lowest BCUT2D eigenvalue weighted by Gasteiger charge is -2.29. The zero-order valence-corrected chi connectivity index (χ0v) is 13.7. The lowest BCUT2D eigenvalue weighted by atomic mass is 9.73. The maximum Gasteiger partial charge on any atom is 0.168 e. The Labute approximate surface area is 134 Å². The van der Waals surface area contributed by atoms with E-state index in [4.69, 9.17) is 23.2 Å². The molecule has 3 nitrogen and oxygen atoms in total. The zero-order chi connectivity index (χ0) is 15.8. The van der Waals surface area contributed by atoms with Crippen LogP contribution in [0.2, 0.25) is 10.0 Å². The number of ketones is 2. The van der Waals surface area contributed by atoms with Gasteiger partial charge in [0.1, 0.15) is 0 Å². The predicted molar refractivity (Wildman–Crippen MR) is 85.8 cm³/mol. The molecule has 0 aromatic heterocycles. The summed E-state index contributed by atoms with van der Waals surface area (Å²) in [5.41, 5.74) is 0.956. The van der Waals surface area contributed by atoms with Crippen molar-refractivity contribution in [1.82, 2.24) is 0 Å². The maximum absolute atomic E-state index is 12.2. The first kappa shape index (κ1) is 16.1. The number of carbonyl (C=O) groups excluding carboxylic acids is 2. The molecule has 1 aromatic carbocycles. The first-order valence-electron chi connectivity index (χ1n) is 6.69. The summed E-state index contributed by atoms with van der Waals surface area (Å²) in [7, 11) is 0. The quantitative estimate of drug-likeness (QED) is 0.636. The summed E-state index contributed by atoms with van der Waals surface area (Å²) in [6.07, 6.45) is 0.729. The minimum atomic E-state index is -0.278. The van der Waals surface area contributed by atoms with E-state index in [1.165, 1.54) is 0 Å². The molecular weight excluding hydrogens is 309 g/mol. The molecule has 0 heterocycles. The molecular formula is C16H17Cl2NO2. The van der Waals surface area contributed by atoms with Gasteiger partial charge < -0.3 is 5.32 Å². The molecule has 2 rings (SSSR count). The van der Waals surface area contributed by atoms with Crippen LogP contribution in [0.5, 0.6) is 0 Å². The van der Waals surface area contributed by atoms with Gasteiger partial charge in [-0.15, -0.1) is 0 Å². The number of nitrogens with one attached hydrogen (secondary N) is 1. The van der Waals surface area contributed by atoms with E-state index in [9.17, 15) is 9.59 Å². The highest BCUT2D eigenvalue weighted by atomic mass is 35.5. The average Bonchev–Trinajstić information content (AvgIpc) is 2.31. The molecule has 0 saturated heterocycles. The Morgan fingerprint density at radius 1 is 1.10 bits per heavy atom. The summed E-state index contributed by atoms with van der Waals surface area (Å²) in [5, 5.41) is 3.90. The highest BCUT2D eigenvalue weighted by molar-refractivity contribution is 6.39. The standard InChI is InChI=1S/C16H17Cl2NO2/c1-9(19-15-10(17)5-4-6-11(15)18)14-12(20)7-16(2,3)8-13(14)21/h4-6,19H,7-8H2,1-3H3. The molecule has 0 atom stereocenters. The smallest absolute Gasteiger partial charge is 0.168 e. The van der Waals surface area contributed by atoms with Crippen LogP contribution < -0.4 is 5.32 Å². The molecule has 1 fully saturated rings. The van der Waals surface area contributed by atoms with E-state index < -0.39 is 0 Å². The van der Waals surface area contributed by atoms with E-state index in [2.05, 4.69) is 5.32 Å². The molecule has 0 radical (unpaired) electrons. The van der Waals surface area contributed by atoms with Crippen molar-refractivity contribution in [1.29, 1.82) is 0 Å². The Morgan fingerprint density at radius 2 is 1.57 bits per heavy atom. The first-order valence-corrected chi connectivity index (χ1v) is 7.45. The number of Topliss-reactive ketones (excluding diaryl/α,β-unsaturated/α-hetero) is 2. The highest BCUT2D eigenvalue weighted by Gasteiger charge is 2.36. The van der Waals surface area contributed by atoms with E-state index in [0.717, 1.165) is 0 Å². The fourth-order valence-electron chi connectivity index (χ4n) is 2.55. The van der Waals surface area contributed by atoms with Gasteiger partial charge in [-0.3, -0.25) is 9.59 Å². The van der Waals surface area contributed by atoms with Crippen LogP contribution in [0, 0.1) is 5.41 Å². The zero-order valence-electron chi connectivity index (χ0n) is 12.2. The fourth-order valence-corrected chi connectivity index (χ4v) is 3.04. The lowest BCUT2D eigenvalue weighted by molar-refractivity contribution is -0.127. The minimum absolute atomic E-state index is 0.135. The van der Waals surface area contributed by atoms with Crippen LogP contribution in [0.15, 0.2) is 29.5 Å². The van der Waals surface area contributed by atoms with Crippen molar-refractivity contribution >= 4 is 40.5 Å². The van der Waals surface area contributed by atoms with Gasteiger partial charge in [0.2, 0.25) is 0 Å². The van der Waals surface area contributed by atoms with Gasteiger partial charge in [-0.1, -0.05) is 43.1 Å². The topological polar surface area (TPSA) is 46.2 Å². The third-order valence-corrected chi connectivity index (χ3v) is 4.12. The molecule has 1 aliphatic carbocycles. The van der Waals surface area contributed by atoms with Gasteiger partial charge in [-0.2, -0.15) is 0 Å². The average molecular weight is 326 g/mol. The number of halogens is 2. The van der Waals surface area contributed by atoms with Gasteiger partial charge >= 0.3 is 0 Å². The summed E-state index contributed by atoms with van der Waals surface area (Å²) in [4.78, 5) is 24.5. The molecule has 1 N–H and O–H groups in total. The van der Waals surface area contributed by atoms with Crippen LogP contribution in [-0.2, 0) is 9.59 Å². The van der Waals surface area contributed by atoms with E-state index in [0.29, 0.717) is 34.3 Å². The van der Waals surface area contributed by atoms with Crippen LogP contribution in [0.3, 0.4) is 0 Å². The SMILES string of the molecule is CC(Nc1c(Cl)cccc1Cl)=C1C(=O)CC(C)(C)CC1=O. The van der Waals surface area contributed by atoms with Crippen LogP contribution in [0.4, 0.5) is 5.69 Å². The number of allylic oxidation sites excluding steroid dienone is 2. The van der Waals surface area contributed by atoms with Gasteiger partial charge in [0, 0.05) is 18.5 Å². The number of benzene rings is 1. The normalized spacial score (nSPS) is 17.9. The number of hydrogen-bond donors (Lipinski definition) is 1. The van der Waals surface area contributed by atoms with Crippen LogP contribution in [0.25, 0.3) is 0 Å². The van der Waals surface area contributed by atoms with Gasteiger partial charge in [0.25, 0.3) is 0 Å². The van der Waals surface area contributed by atoms with Crippen molar-refractivity contribution in [2.75, 3.05) is 5.32 Å². The number of hydrogen-bond acceptors (Lipinski definition) is 3. The number of anilines is 1. The molecule has 1 aromatic rings. The summed E-state index contributed by atoms with van der Waals surface area (Å²) < 4.78 is 0. The van der Waals surface area contributed by atoms with Crippen molar-refractivity contribution in [3.05, 3.63) is 39.5 Å². The second-order valence-corrected chi connectivity index (χ2v) is 6.90. The second-order valence-electron chi connectivity index (χ2n) is 6.09. The molecule has 1 saturated carbocycles. The number of carbonyl (C=O) groups is 2. The van der Waals surface area contributed by atoms with Crippen molar-refractivity contribution < 1.29 is 9.59 Å². The van der Waals surface area contributed by atoms with Crippen molar-refractivity contribution in [2.45, 2.75) is 33.6 Å². The van der Waals surface area contributed by atoms with E-state index in [1.807, 2.05) is 13.8 Å². The maximum atomic E-state index is 12.2. The Bertz CT molecular complexity index is 605. The summed E-state index contributed by atoms with van der Waals surface area (Å²) in [5.74, 6) is -0.270. The minimum Gasteiger partial charge on any atom is -0.356 e. The summed E-state index contributed by atoms with van der Waals surface area (Å²) >= 11 is 12.2. The molecule has 0 bridgehead atoms. The van der Waals surface area contributed by atoms with Crippen LogP contribution in [0.1, 0.15) is 33.6 Å². The molecule has 0 amide bonds. The largest absolute Gasteiger partial charge is 0.356 e. The van der Waals surface area contributed by atoms with Crippen LogP contribution in [-0.4, -0.2) is 11.6 Å². The molecule has 1 aliphatic rings. The Balaban J connectivity index is 2.36. The summed E-state index contributed by atoms with van der Waals surface area (Å²) in [6.45, 7) is 5.55. The van der Waals surface area contributed by atoms with Crippen molar-refractivity contribution in [3.8, 4) is 0 Å². The third-order valence-electron chi connectivity index (χ3n) is 3.49. The number of rotatable bonds is 2. The van der Waals surface area contributed by atoms with Crippen LogP contribution >= 0.6 is 23.2 Å². The molecule has 112 valence electrons. The van der Waals surface area contributed by atoms with Gasteiger partial charge in [-0.25, -0.2) is 0 Å². The van der Waals surface area contributed by atoms with Crippen molar-refractivity contribution in [3.63, 3.8) is 0 Å². The molecule has 5 heteroatoms. The van der Waals surface area contributed by atoms with Gasteiger partial charge in [0.05, 0.1) is 21.3 Å². The Morgan fingerprint density at radius 3 is 2.05 bits per heavy atom. The monoisotopic (exact) mass is 325 g/mol. The van der Waals surface area contributed by atoms with Gasteiger partial charge in [0.15, 0.2) is 11.6 Å². The fraction of sp³-hybridized carbons (Fsp3) is 0.375. The van der Waals surface area contributed by atoms with Gasteiger partial charge in [-0.05, 0) is 24.5 Å². The Kier molecular flexibility index (Phi) is 4.45. The second kappa shape index (κ2) is 5.82. The predicted octanol–water partition coefficient (Wildman–Crippen LogP) is 4.64. The third kappa shape index (κ3) is 3.47. The number of para-hydroxylation sites is 1. The van der Waals surface area contributed by atoms with E-state index in [1.54, 1.807) is 25.1 Å². The lowest BCUT2D eigenvalue weighted by Crippen LogP contribution is -2.33. The summed E-state index contributed by atoms with van der Waals surface area (Å²) in [6, 6.07) is 5.13.